The molecule has 0 saturated heterocycles. The van der Waals surface area contributed by atoms with Crippen LogP contribution in [-0.2, 0) is 0 Å². The third kappa shape index (κ3) is 1.63. The zero-order chi connectivity index (χ0) is 12.5. The molecule has 0 fully saturated rings. The minimum absolute atomic E-state index is 0.0409. The molecule has 1 aromatic carbocycles. The molecule has 0 saturated carbocycles. The summed E-state index contributed by atoms with van der Waals surface area (Å²) in [7, 11) is 0. The highest BCUT2D eigenvalue weighted by atomic mass is 16.3. The van der Waals surface area contributed by atoms with Crippen LogP contribution in [0.15, 0.2) is 24.4 Å². The molecule has 2 aromatic heterocycles. The van der Waals surface area contributed by atoms with Gasteiger partial charge in [-0.05, 0) is 18.2 Å². The summed E-state index contributed by atoms with van der Waals surface area (Å²) >= 11 is 0. The molecule has 6 nitrogen and oxygen atoms in total. The molecular formula is C12H13N5O. The molecule has 6 heteroatoms. The normalized spacial score (nSPS) is 11.2. The lowest BCUT2D eigenvalue weighted by Crippen LogP contribution is -2.09. The van der Waals surface area contributed by atoms with Gasteiger partial charge >= 0.3 is 0 Å². The third-order valence-electron chi connectivity index (χ3n) is 2.82. The number of hydrogen-bond acceptors (Lipinski definition) is 5. The van der Waals surface area contributed by atoms with E-state index in [0.717, 1.165) is 21.8 Å². The average molecular weight is 243 g/mol. The van der Waals surface area contributed by atoms with E-state index in [2.05, 4.69) is 20.3 Å². The van der Waals surface area contributed by atoms with Crippen LogP contribution in [0.25, 0.3) is 21.8 Å². The van der Waals surface area contributed by atoms with Crippen LogP contribution in [-0.4, -0.2) is 33.2 Å². The number of anilines is 2. The van der Waals surface area contributed by atoms with Gasteiger partial charge in [-0.2, -0.15) is 4.98 Å². The largest absolute Gasteiger partial charge is 0.395 e. The molecule has 0 atom stereocenters. The number of H-pyrrole nitrogens is 1. The Bertz CT molecular complexity index is 706. The van der Waals surface area contributed by atoms with Crippen LogP contribution in [0.4, 0.5) is 11.8 Å². The molecule has 0 aliphatic rings. The number of nitrogen functional groups attached to an aromatic ring is 1. The zero-order valence-corrected chi connectivity index (χ0v) is 9.64. The summed E-state index contributed by atoms with van der Waals surface area (Å²) in [4.78, 5) is 11.6. The number of fused-ring (bicyclic) bond motifs is 3. The van der Waals surface area contributed by atoms with Crippen LogP contribution >= 0.6 is 0 Å². The lowest BCUT2D eigenvalue weighted by Gasteiger charge is -2.08. The van der Waals surface area contributed by atoms with Crippen molar-refractivity contribution in [2.24, 2.45) is 0 Å². The second-order valence-corrected chi connectivity index (χ2v) is 3.99. The molecule has 0 amide bonds. The number of nitrogens with zero attached hydrogens (tertiary/aromatic N) is 2. The predicted molar refractivity (Wildman–Crippen MR) is 71.4 cm³/mol. The van der Waals surface area contributed by atoms with Gasteiger partial charge in [0.05, 0.1) is 17.6 Å². The van der Waals surface area contributed by atoms with E-state index in [0.29, 0.717) is 18.3 Å². The van der Waals surface area contributed by atoms with Crippen molar-refractivity contribution in [3.8, 4) is 0 Å². The van der Waals surface area contributed by atoms with Crippen molar-refractivity contribution in [3.63, 3.8) is 0 Å². The van der Waals surface area contributed by atoms with Crippen LogP contribution < -0.4 is 11.1 Å². The van der Waals surface area contributed by atoms with Gasteiger partial charge < -0.3 is 21.1 Å². The Kier molecular flexibility index (Phi) is 2.49. The number of aromatic amines is 1. The van der Waals surface area contributed by atoms with Crippen LogP contribution in [0.2, 0.25) is 0 Å². The quantitative estimate of drug-likeness (QED) is 0.552. The number of nitrogens with two attached hydrogens (primary N) is 1. The van der Waals surface area contributed by atoms with E-state index < -0.39 is 0 Å². The van der Waals surface area contributed by atoms with Gasteiger partial charge in [0.1, 0.15) is 5.82 Å². The van der Waals surface area contributed by atoms with Gasteiger partial charge in [-0.1, -0.05) is 0 Å². The van der Waals surface area contributed by atoms with E-state index in [-0.39, 0.29) is 6.61 Å². The van der Waals surface area contributed by atoms with Crippen molar-refractivity contribution in [1.82, 2.24) is 15.0 Å². The Labute approximate surface area is 103 Å². The smallest absolute Gasteiger partial charge is 0.202 e. The first-order valence-electron chi connectivity index (χ1n) is 5.67. The van der Waals surface area contributed by atoms with Crippen molar-refractivity contribution >= 4 is 33.6 Å². The van der Waals surface area contributed by atoms with E-state index >= 15 is 0 Å². The van der Waals surface area contributed by atoms with Crippen LogP contribution in [0, 0.1) is 0 Å². The summed E-state index contributed by atoms with van der Waals surface area (Å²) in [5, 5.41) is 13.6. The minimum Gasteiger partial charge on any atom is -0.395 e. The van der Waals surface area contributed by atoms with Crippen molar-refractivity contribution < 1.29 is 5.11 Å². The lowest BCUT2D eigenvalue weighted by atomic mass is 10.1. The molecule has 2 heterocycles. The van der Waals surface area contributed by atoms with Gasteiger partial charge in [-0.25, -0.2) is 0 Å². The molecule has 0 radical (unpaired) electrons. The number of hydrogen-bond donors (Lipinski definition) is 4. The SMILES string of the molecule is Nc1nc(NCCO)[nH]c2ccc3nccc3c12. The number of aliphatic hydroxyl groups is 1. The molecule has 92 valence electrons. The topological polar surface area (TPSA) is 99.9 Å². The van der Waals surface area contributed by atoms with Crippen LogP contribution in [0.3, 0.4) is 0 Å². The Balaban J connectivity index is 2.22. The first-order chi connectivity index (χ1) is 8.79. The Morgan fingerprint density at radius 2 is 2.22 bits per heavy atom. The first kappa shape index (κ1) is 10.8. The van der Waals surface area contributed by atoms with Crippen molar-refractivity contribution in [2.75, 3.05) is 24.2 Å². The lowest BCUT2D eigenvalue weighted by molar-refractivity contribution is 0.311. The second kappa shape index (κ2) is 4.15. The van der Waals surface area contributed by atoms with E-state index in [4.69, 9.17) is 10.8 Å². The Morgan fingerprint density at radius 1 is 1.33 bits per heavy atom. The second-order valence-electron chi connectivity index (χ2n) is 3.99. The molecule has 0 aliphatic carbocycles. The Morgan fingerprint density at radius 3 is 3.06 bits per heavy atom. The summed E-state index contributed by atoms with van der Waals surface area (Å²) in [6.07, 6.45) is 1.75. The standard InChI is InChI=1S/C12H13N5O/c13-11-10-7-3-4-14-8(7)1-2-9(10)16-12(17-11)15-5-6-18/h1-4,18H,5-6,13H2,(H2,15,16,17). The predicted octanol–water partition coefficient (Wildman–Crippen LogP) is 1.10. The zero-order valence-electron chi connectivity index (χ0n) is 9.64. The fraction of sp³-hybridized carbons (Fsp3) is 0.167. The van der Waals surface area contributed by atoms with Crippen molar-refractivity contribution in [1.29, 1.82) is 0 Å². The maximum Gasteiger partial charge on any atom is 0.202 e. The highest BCUT2D eigenvalue weighted by molar-refractivity contribution is 6.10. The molecule has 3 aromatic rings. The van der Waals surface area contributed by atoms with Gasteiger partial charge in [0.2, 0.25) is 5.95 Å². The number of aromatic nitrogens is 3. The molecule has 0 unspecified atom stereocenters. The fourth-order valence-electron chi connectivity index (χ4n) is 2.05. The van der Waals surface area contributed by atoms with Gasteiger partial charge in [-0.3, -0.25) is 4.98 Å². The van der Waals surface area contributed by atoms with Crippen molar-refractivity contribution in [2.45, 2.75) is 0 Å². The highest BCUT2D eigenvalue weighted by Crippen LogP contribution is 2.27. The van der Waals surface area contributed by atoms with E-state index in [1.54, 1.807) is 6.20 Å². The monoisotopic (exact) mass is 243 g/mol. The van der Waals surface area contributed by atoms with Gasteiger partial charge in [0, 0.05) is 23.5 Å². The van der Waals surface area contributed by atoms with Crippen LogP contribution in [0.5, 0.6) is 0 Å². The number of nitrogens with one attached hydrogen (secondary N) is 2. The van der Waals surface area contributed by atoms with Gasteiger partial charge in [0.25, 0.3) is 0 Å². The van der Waals surface area contributed by atoms with E-state index in [1.807, 2.05) is 18.2 Å². The maximum absolute atomic E-state index is 8.78. The highest BCUT2D eigenvalue weighted by Gasteiger charge is 2.08. The number of rotatable bonds is 3. The minimum atomic E-state index is 0.0409. The third-order valence-corrected chi connectivity index (χ3v) is 2.82. The average Bonchev–Trinajstić information content (AvgIpc) is 2.84. The number of benzene rings is 1. The molecule has 18 heavy (non-hydrogen) atoms. The van der Waals surface area contributed by atoms with Crippen LogP contribution in [0.1, 0.15) is 0 Å². The summed E-state index contributed by atoms with van der Waals surface area (Å²) in [6.45, 7) is 0.466. The molecule has 3 rings (SSSR count). The molecule has 0 bridgehead atoms. The Hall–Kier alpha value is -2.34. The molecular weight excluding hydrogens is 230 g/mol. The molecule has 0 spiro atoms. The summed E-state index contributed by atoms with van der Waals surface area (Å²) in [6, 6.07) is 5.78. The first-order valence-corrected chi connectivity index (χ1v) is 5.67. The van der Waals surface area contributed by atoms with Gasteiger partial charge in [0.15, 0.2) is 0 Å². The summed E-state index contributed by atoms with van der Waals surface area (Å²) in [5.74, 6) is 0.996. The van der Waals surface area contributed by atoms with Gasteiger partial charge in [-0.15, -0.1) is 0 Å². The van der Waals surface area contributed by atoms with E-state index in [9.17, 15) is 0 Å². The summed E-state index contributed by atoms with van der Waals surface area (Å²) < 4.78 is 0. The number of aliphatic hydroxyl groups excluding tert-OH is 1. The fourth-order valence-corrected chi connectivity index (χ4v) is 2.05. The van der Waals surface area contributed by atoms with E-state index in [1.165, 1.54) is 0 Å². The van der Waals surface area contributed by atoms with Crippen molar-refractivity contribution in [3.05, 3.63) is 24.4 Å². The molecule has 5 N–H and O–H groups in total. The maximum atomic E-state index is 8.78. The summed E-state index contributed by atoms with van der Waals surface area (Å²) in [5.41, 5.74) is 7.79. The molecule has 0 aliphatic heterocycles.